The quantitative estimate of drug-likeness (QED) is 0.350. The predicted molar refractivity (Wildman–Crippen MR) is 158 cm³/mol. The van der Waals surface area contributed by atoms with Crippen LogP contribution in [0.15, 0.2) is 54.6 Å². The lowest BCUT2D eigenvalue weighted by Gasteiger charge is -2.32. The van der Waals surface area contributed by atoms with Crippen LogP contribution < -0.4 is 16.0 Å². The summed E-state index contributed by atoms with van der Waals surface area (Å²) in [5.41, 5.74) is 6.48. The molecule has 0 amide bonds. The van der Waals surface area contributed by atoms with E-state index in [1.54, 1.807) is 18.2 Å². The number of hydrogen-bond acceptors (Lipinski definition) is 6. The van der Waals surface area contributed by atoms with Gasteiger partial charge in [0.05, 0.1) is 38.1 Å². The average Bonchev–Trinajstić information content (AvgIpc) is 3.60. The second kappa shape index (κ2) is 13.1. The zero-order chi connectivity index (χ0) is 28.6. The normalized spacial score (nSPS) is 29.1. The minimum atomic E-state index is -0.172. The molecule has 0 spiro atoms. The molecule has 0 radical (unpaired) electrons. The topological polar surface area (TPSA) is 63.8 Å². The number of ether oxygens (including phenoxy) is 3. The molecular formula is C34H40F3N3O3. The highest BCUT2D eigenvalue weighted by atomic mass is 19.1. The number of nitrogens with one attached hydrogen (secondary N) is 3. The maximum atomic E-state index is 12.9. The summed E-state index contributed by atoms with van der Waals surface area (Å²) in [5, 5.41) is 9.97. The van der Waals surface area contributed by atoms with E-state index in [1.165, 1.54) is 18.2 Å². The summed E-state index contributed by atoms with van der Waals surface area (Å²) in [6.07, 6.45) is 3.88. The zero-order valence-electron chi connectivity index (χ0n) is 23.4. The Morgan fingerprint density at radius 3 is 1.00 bits per heavy atom. The molecule has 6 nitrogen and oxygen atoms in total. The van der Waals surface area contributed by atoms with E-state index in [4.69, 9.17) is 14.2 Å². The van der Waals surface area contributed by atoms with Crippen molar-refractivity contribution in [3.05, 3.63) is 105 Å². The van der Waals surface area contributed by atoms with Gasteiger partial charge < -0.3 is 30.2 Å². The monoisotopic (exact) mass is 595 g/mol. The molecule has 6 atom stereocenters. The third kappa shape index (κ3) is 6.25. The first-order chi connectivity index (χ1) is 20.5. The van der Waals surface area contributed by atoms with Gasteiger partial charge in [-0.25, -0.2) is 13.2 Å². The van der Waals surface area contributed by atoms with Gasteiger partial charge in [0, 0.05) is 18.1 Å². The number of benzene rings is 3. The summed E-state index contributed by atoms with van der Waals surface area (Å²) in [7, 11) is 0. The molecule has 3 aromatic rings. The minimum Gasteiger partial charge on any atom is -0.367 e. The summed E-state index contributed by atoms with van der Waals surface area (Å²) < 4.78 is 55.7. The zero-order valence-corrected chi connectivity index (χ0v) is 23.4. The van der Waals surface area contributed by atoms with Crippen molar-refractivity contribution in [3.8, 4) is 0 Å². The standard InChI is InChI=1S/3C11H12FNO.CH4/c3*12-8-1-2-9-7(5-8)6-14-11(9)10-3-4-13-10;/h3*1-2,5,10-11,13H,3-4,6H2;1H4/t10-,11?;10-,11+;10-,11-;/m000./s1. The van der Waals surface area contributed by atoms with E-state index >= 15 is 0 Å². The van der Waals surface area contributed by atoms with Crippen molar-refractivity contribution in [2.75, 3.05) is 19.6 Å². The van der Waals surface area contributed by atoms with Crippen molar-refractivity contribution in [1.29, 1.82) is 0 Å². The first-order valence-corrected chi connectivity index (χ1v) is 14.9. The highest BCUT2D eigenvalue weighted by Gasteiger charge is 2.36. The second-order valence-corrected chi connectivity index (χ2v) is 11.8. The number of fused-ring (bicyclic) bond motifs is 3. The molecule has 0 aliphatic carbocycles. The fraction of sp³-hybridized carbons (Fsp3) is 0.471. The molecule has 6 aliphatic heterocycles. The van der Waals surface area contributed by atoms with Gasteiger partial charge in [0.2, 0.25) is 0 Å². The Bertz CT molecular complexity index is 1260. The highest BCUT2D eigenvalue weighted by Crippen LogP contribution is 2.38. The Hall–Kier alpha value is -2.79. The van der Waals surface area contributed by atoms with Crippen LogP contribution >= 0.6 is 0 Å². The molecule has 6 heterocycles. The summed E-state index contributed by atoms with van der Waals surface area (Å²) in [6.45, 7) is 4.87. The van der Waals surface area contributed by atoms with Crippen LogP contribution in [0.4, 0.5) is 13.2 Å². The summed E-state index contributed by atoms with van der Waals surface area (Å²) in [5.74, 6) is -0.515. The van der Waals surface area contributed by atoms with Gasteiger partial charge in [-0.3, -0.25) is 0 Å². The van der Waals surface area contributed by atoms with Gasteiger partial charge in [-0.2, -0.15) is 0 Å². The van der Waals surface area contributed by atoms with E-state index < -0.39 is 0 Å². The molecule has 43 heavy (non-hydrogen) atoms. The van der Waals surface area contributed by atoms with Crippen LogP contribution in [-0.2, 0) is 34.0 Å². The molecule has 3 fully saturated rings. The van der Waals surface area contributed by atoms with Crippen molar-refractivity contribution in [1.82, 2.24) is 16.0 Å². The van der Waals surface area contributed by atoms with Crippen LogP contribution in [0.5, 0.6) is 0 Å². The molecule has 1 unspecified atom stereocenters. The lowest BCUT2D eigenvalue weighted by molar-refractivity contribution is 0.0193. The maximum absolute atomic E-state index is 12.9. The molecule has 3 N–H and O–H groups in total. The van der Waals surface area contributed by atoms with Gasteiger partial charge in [0.1, 0.15) is 17.5 Å². The summed E-state index contributed by atoms with van der Waals surface area (Å²) in [6, 6.07) is 16.1. The average molecular weight is 596 g/mol. The molecule has 3 aromatic carbocycles. The Morgan fingerprint density at radius 1 is 0.488 bits per heavy atom. The largest absolute Gasteiger partial charge is 0.367 e. The summed E-state index contributed by atoms with van der Waals surface area (Å²) in [4.78, 5) is 0. The molecule has 9 rings (SSSR count). The van der Waals surface area contributed by atoms with E-state index in [9.17, 15) is 13.2 Å². The van der Waals surface area contributed by atoms with Gasteiger partial charge in [-0.05, 0) is 109 Å². The van der Waals surface area contributed by atoms with Crippen LogP contribution in [0.1, 0.15) is 78.4 Å². The fourth-order valence-electron chi connectivity index (χ4n) is 6.45. The van der Waals surface area contributed by atoms with Crippen LogP contribution in [0.3, 0.4) is 0 Å². The molecular weight excluding hydrogens is 555 g/mol. The third-order valence-electron chi connectivity index (χ3n) is 9.17. The van der Waals surface area contributed by atoms with Crippen molar-refractivity contribution in [2.24, 2.45) is 0 Å². The first-order valence-electron chi connectivity index (χ1n) is 14.9. The second-order valence-electron chi connectivity index (χ2n) is 11.8. The first kappa shape index (κ1) is 30.2. The van der Waals surface area contributed by atoms with Gasteiger partial charge in [-0.15, -0.1) is 0 Å². The Labute approximate surface area is 251 Å². The van der Waals surface area contributed by atoms with Gasteiger partial charge in [-0.1, -0.05) is 25.6 Å². The number of halogens is 3. The van der Waals surface area contributed by atoms with E-state index in [1.807, 2.05) is 18.2 Å². The molecule has 0 aromatic heterocycles. The lowest BCUT2D eigenvalue weighted by Crippen LogP contribution is -2.46. The van der Waals surface area contributed by atoms with Crippen molar-refractivity contribution in [2.45, 2.75) is 82.9 Å². The van der Waals surface area contributed by atoms with Crippen LogP contribution in [0.2, 0.25) is 0 Å². The maximum Gasteiger partial charge on any atom is 0.123 e. The van der Waals surface area contributed by atoms with E-state index in [2.05, 4.69) is 16.0 Å². The van der Waals surface area contributed by atoms with Crippen LogP contribution in [-0.4, -0.2) is 37.8 Å². The molecule has 0 bridgehead atoms. The van der Waals surface area contributed by atoms with E-state index in [0.29, 0.717) is 37.9 Å². The van der Waals surface area contributed by atoms with Crippen LogP contribution in [0, 0.1) is 17.5 Å². The van der Waals surface area contributed by atoms with Gasteiger partial charge >= 0.3 is 0 Å². The molecule has 9 heteroatoms. The SMILES string of the molecule is C.Fc1ccc2c(c1)COC2[C@@H]1CCN1.Fc1ccc2c(c1)CO[C@@H]2[C@@H]1CCN1.Fc1ccc2c(c1)CO[C@H]2[C@@H]1CCN1. The summed E-state index contributed by atoms with van der Waals surface area (Å²) >= 11 is 0. The third-order valence-corrected chi connectivity index (χ3v) is 9.17. The lowest BCUT2D eigenvalue weighted by atomic mass is 9.94. The van der Waals surface area contributed by atoms with Crippen molar-refractivity contribution in [3.63, 3.8) is 0 Å². The van der Waals surface area contributed by atoms with Crippen LogP contribution in [0.25, 0.3) is 0 Å². The minimum absolute atomic E-state index is 0. The van der Waals surface area contributed by atoms with E-state index in [-0.39, 0.29) is 43.2 Å². The fourth-order valence-corrected chi connectivity index (χ4v) is 6.45. The smallest absolute Gasteiger partial charge is 0.123 e. The molecule has 230 valence electrons. The highest BCUT2D eigenvalue weighted by molar-refractivity contribution is 5.35. The molecule has 3 saturated heterocycles. The Morgan fingerprint density at radius 2 is 0.767 bits per heavy atom. The van der Waals surface area contributed by atoms with Crippen molar-refractivity contribution >= 4 is 0 Å². The van der Waals surface area contributed by atoms with Gasteiger partial charge in [0.15, 0.2) is 0 Å². The molecule has 6 aliphatic rings. The number of hydrogen-bond donors (Lipinski definition) is 3. The van der Waals surface area contributed by atoms with Gasteiger partial charge in [0.25, 0.3) is 0 Å². The van der Waals surface area contributed by atoms with Crippen molar-refractivity contribution < 1.29 is 27.4 Å². The molecule has 0 saturated carbocycles. The predicted octanol–water partition coefficient (Wildman–Crippen LogP) is 5.91. The Balaban J connectivity index is 0.000000113. The Kier molecular flexibility index (Phi) is 9.19. The van der Waals surface area contributed by atoms with E-state index in [0.717, 1.165) is 72.3 Å². The number of rotatable bonds is 3.